The number of rotatable bonds is 3. The fourth-order valence-electron chi connectivity index (χ4n) is 7.64. The Morgan fingerprint density at radius 3 is 2.76 bits per heavy atom. The minimum absolute atomic E-state index is 0.00205. The van der Waals surface area contributed by atoms with Gasteiger partial charge in [-0.25, -0.2) is 14.2 Å². The van der Waals surface area contributed by atoms with Gasteiger partial charge in [0.15, 0.2) is 5.82 Å². The average Bonchev–Trinajstić information content (AvgIpc) is 3.39. The number of aliphatic hydroxyl groups excluding tert-OH is 1. The molecule has 46 heavy (non-hydrogen) atoms. The lowest BCUT2D eigenvalue weighted by molar-refractivity contribution is 0.156. The van der Waals surface area contributed by atoms with E-state index in [9.17, 15) is 15.0 Å². The summed E-state index contributed by atoms with van der Waals surface area (Å²) in [5.74, 6) is -0.635. The largest absolute Gasteiger partial charge is 0.508 e. The molecule has 234 valence electrons. The summed E-state index contributed by atoms with van der Waals surface area (Å²) in [4.78, 5) is 30.5. The standard InChI is InChI=1S/C35H32ClFN6O3/c1-16(2)29-31(17(3)11-12-38-29)43-33-27-23(40-30(28(33)37)21-14-20(44)13-18-5-4-6-22(36)26(18)21)9-10-25(45)32-24-8-7-19(39-24)15-42(32)34(27)41-35(43)46/h4-6,9-14,16,19,24-25,32,39,44-45H,7-8,15H2,1-3H3/b10-9-. The second kappa shape index (κ2) is 10.6. The minimum Gasteiger partial charge on any atom is -0.508 e. The Kier molecular flexibility index (Phi) is 6.68. The van der Waals surface area contributed by atoms with Gasteiger partial charge in [-0.05, 0) is 67.0 Å². The number of anilines is 1. The third kappa shape index (κ3) is 4.27. The Morgan fingerprint density at radius 2 is 1.96 bits per heavy atom. The fraction of sp³-hybridized carbons (Fsp3) is 0.314. The summed E-state index contributed by atoms with van der Waals surface area (Å²) in [6, 6.07) is 9.73. The normalized spacial score (nSPS) is 22.7. The summed E-state index contributed by atoms with van der Waals surface area (Å²) in [5.41, 5.74) is 1.68. The number of aliphatic hydroxyl groups is 1. The molecule has 11 heteroatoms. The van der Waals surface area contributed by atoms with Crippen LogP contribution in [-0.4, -0.2) is 60.5 Å². The van der Waals surface area contributed by atoms with E-state index in [-0.39, 0.29) is 40.5 Å². The van der Waals surface area contributed by atoms with Gasteiger partial charge in [0.05, 0.1) is 34.6 Å². The second-order valence-corrected chi connectivity index (χ2v) is 13.2. The SMILES string of the molecule is Cc1ccnc(C(C)C)c1-n1c(=O)nc2c3c(nc(-c4cc(O)cc5cccc(Cl)c45)c(F)c31)/C=C\C(O)C1C3CCC(CN21)N3. The van der Waals surface area contributed by atoms with Gasteiger partial charge in [0.2, 0.25) is 0 Å². The monoisotopic (exact) mass is 638 g/mol. The van der Waals surface area contributed by atoms with Crippen LogP contribution in [0.15, 0.2) is 53.5 Å². The van der Waals surface area contributed by atoms with Crippen LogP contribution in [0.5, 0.6) is 5.75 Å². The van der Waals surface area contributed by atoms with E-state index in [4.69, 9.17) is 16.6 Å². The Labute approximate surface area is 269 Å². The van der Waals surface area contributed by atoms with Crippen LogP contribution in [0.1, 0.15) is 49.6 Å². The molecule has 2 aromatic carbocycles. The van der Waals surface area contributed by atoms with E-state index in [1.54, 1.807) is 48.7 Å². The van der Waals surface area contributed by atoms with E-state index in [0.29, 0.717) is 50.6 Å². The first-order valence-corrected chi connectivity index (χ1v) is 15.9. The predicted molar refractivity (Wildman–Crippen MR) is 177 cm³/mol. The molecule has 0 saturated carbocycles. The third-order valence-electron chi connectivity index (χ3n) is 9.61. The molecule has 0 radical (unpaired) electrons. The smallest absolute Gasteiger partial charge is 0.354 e. The number of benzene rings is 2. The number of fused-ring (bicyclic) bond motifs is 6. The number of nitrogens with zero attached hydrogens (tertiary/aromatic N) is 5. The number of nitrogens with one attached hydrogen (secondary N) is 1. The number of piperazine rings is 1. The zero-order valence-electron chi connectivity index (χ0n) is 25.5. The fourth-order valence-corrected chi connectivity index (χ4v) is 7.92. The zero-order chi connectivity index (χ0) is 32.0. The van der Waals surface area contributed by atoms with Gasteiger partial charge in [-0.2, -0.15) is 4.98 Å². The van der Waals surface area contributed by atoms with Crippen LogP contribution in [-0.2, 0) is 0 Å². The Hall–Kier alpha value is -4.38. The van der Waals surface area contributed by atoms with Crippen LogP contribution in [0.3, 0.4) is 0 Å². The van der Waals surface area contributed by atoms with Gasteiger partial charge in [0.1, 0.15) is 22.8 Å². The number of aromatic hydroxyl groups is 1. The molecule has 0 aliphatic carbocycles. The zero-order valence-corrected chi connectivity index (χ0v) is 26.3. The summed E-state index contributed by atoms with van der Waals surface area (Å²) < 4.78 is 19.0. The van der Waals surface area contributed by atoms with Crippen LogP contribution in [0.2, 0.25) is 5.02 Å². The summed E-state index contributed by atoms with van der Waals surface area (Å²) >= 11 is 6.69. The molecular weight excluding hydrogens is 607 g/mol. The van der Waals surface area contributed by atoms with Gasteiger partial charge in [0.25, 0.3) is 0 Å². The predicted octanol–water partition coefficient (Wildman–Crippen LogP) is 5.62. The number of aryl methyl sites for hydroxylation is 1. The van der Waals surface area contributed by atoms with Crippen molar-refractivity contribution in [2.45, 2.75) is 63.8 Å². The molecule has 3 aliphatic heterocycles. The molecular formula is C35H32ClFN6O3. The van der Waals surface area contributed by atoms with Crippen LogP contribution < -0.4 is 15.9 Å². The molecule has 2 bridgehead atoms. The lowest BCUT2D eigenvalue weighted by Gasteiger charge is -2.44. The van der Waals surface area contributed by atoms with Crippen LogP contribution in [0, 0.1) is 12.7 Å². The molecule has 4 unspecified atom stereocenters. The lowest BCUT2D eigenvalue weighted by atomic mass is 9.94. The first kappa shape index (κ1) is 29.1. The summed E-state index contributed by atoms with van der Waals surface area (Å²) in [7, 11) is 0. The molecule has 9 nitrogen and oxygen atoms in total. The number of phenols is 1. The molecule has 3 N–H and O–H groups in total. The molecule has 0 amide bonds. The van der Waals surface area contributed by atoms with Crippen molar-refractivity contribution in [1.82, 2.24) is 24.8 Å². The first-order chi connectivity index (χ1) is 22.1. The molecule has 8 rings (SSSR count). The summed E-state index contributed by atoms with van der Waals surface area (Å²) in [6.07, 6.45) is 5.94. The minimum atomic E-state index is -0.900. The maximum atomic E-state index is 17.7. The molecule has 2 saturated heterocycles. The van der Waals surface area contributed by atoms with Gasteiger partial charge < -0.3 is 20.4 Å². The Bertz CT molecular complexity index is 2180. The van der Waals surface area contributed by atoms with Crippen LogP contribution >= 0.6 is 11.6 Å². The van der Waals surface area contributed by atoms with Gasteiger partial charge in [0, 0.05) is 40.8 Å². The van der Waals surface area contributed by atoms with Crippen LogP contribution in [0.25, 0.3) is 44.7 Å². The molecule has 2 fully saturated rings. The van der Waals surface area contributed by atoms with E-state index >= 15 is 4.39 Å². The summed E-state index contributed by atoms with van der Waals surface area (Å²) in [5, 5.41) is 27.6. The van der Waals surface area contributed by atoms with Crippen molar-refractivity contribution in [2.24, 2.45) is 0 Å². The quantitative estimate of drug-likeness (QED) is 0.233. The molecule has 6 heterocycles. The number of pyridine rings is 2. The molecule has 0 spiro atoms. The number of phenolic OH excluding ortho intramolecular Hbond substituents is 1. The topological polar surface area (TPSA) is 116 Å². The number of hydrogen-bond donors (Lipinski definition) is 3. The highest BCUT2D eigenvalue weighted by Crippen LogP contribution is 2.43. The van der Waals surface area contributed by atoms with Gasteiger partial charge >= 0.3 is 5.69 Å². The summed E-state index contributed by atoms with van der Waals surface area (Å²) in [6.45, 7) is 6.30. The molecule has 5 aromatic rings. The van der Waals surface area contributed by atoms with E-state index in [2.05, 4.69) is 15.3 Å². The van der Waals surface area contributed by atoms with E-state index in [0.717, 1.165) is 18.4 Å². The highest BCUT2D eigenvalue weighted by Gasteiger charge is 2.45. The van der Waals surface area contributed by atoms with Crippen LogP contribution in [0.4, 0.5) is 10.2 Å². The lowest BCUT2D eigenvalue weighted by Crippen LogP contribution is -2.62. The van der Waals surface area contributed by atoms with E-state index < -0.39 is 23.7 Å². The van der Waals surface area contributed by atoms with Crippen molar-refractivity contribution < 1.29 is 14.6 Å². The molecule has 4 atom stereocenters. The van der Waals surface area contributed by atoms with Gasteiger partial charge in [-0.1, -0.05) is 43.7 Å². The Balaban J connectivity index is 1.56. The third-order valence-corrected chi connectivity index (χ3v) is 9.93. The Morgan fingerprint density at radius 1 is 1.13 bits per heavy atom. The average molecular weight is 639 g/mol. The second-order valence-electron chi connectivity index (χ2n) is 12.8. The van der Waals surface area contributed by atoms with Crippen molar-refractivity contribution in [3.05, 3.63) is 86.9 Å². The van der Waals surface area contributed by atoms with Crippen molar-refractivity contribution in [1.29, 1.82) is 0 Å². The number of hydrogen-bond acceptors (Lipinski definition) is 8. The van der Waals surface area contributed by atoms with Gasteiger partial charge in [-0.15, -0.1) is 0 Å². The van der Waals surface area contributed by atoms with Crippen molar-refractivity contribution in [3.8, 4) is 22.7 Å². The van der Waals surface area contributed by atoms with Gasteiger partial charge in [-0.3, -0.25) is 9.55 Å². The number of halogens is 2. The van der Waals surface area contributed by atoms with E-state index in [1.165, 1.54) is 10.6 Å². The highest BCUT2D eigenvalue weighted by atomic mass is 35.5. The van der Waals surface area contributed by atoms with Crippen molar-refractivity contribution in [2.75, 3.05) is 11.4 Å². The highest BCUT2D eigenvalue weighted by molar-refractivity contribution is 6.36. The maximum Gasteiger partial charge on any atom is 0.354 e. The molecule has 3 aromatic heterocycles. The molecule has 3 aliphatic rings. The van der Waals surface area contributed by atoms with Crippen molar-refractivity contribution >= 4 is 45.2 Å². The van der Waals surface area contributed by atoms with Crippen molar-refractivity contribution in [3.63, 3.8) is 0 Å². The first-order valence-electron chi connectivity index (χ1n) is 15.5. The maximum absolute atomic E-state index is 17.7. The number of aromatic nitrogens is 4. The van der Waals surface area contributed by atoms with E-state index in [1.807, 2.05) is 25.7 Å².